The number of methoxy groups -OCH3 is 1. The van der Waals surface area contributed by atoms with Gasteiger partial charge in [0.05, 0.1) is 6.61 Å². The van der Waals surface area contributed by atoms with E-state index in [0.717, 1.165) is 38.2 Å². The zero-order chi connectivity index (χ0) is 15.9. The van der Waals surface area contributed by atoms with Gasteiger partial charge in [0.25, 0.3) is 0 Å². The summed E-state index contributed by atoms with van der Waals surface area (Å²) in [7, 11) is 3.50. The summed E-state index contributed by atoms with van der Waals surface area (Å²) in [4.78, 5) is 16.2. The third kappa shape index (κ3) is 4.87. The Balaban J connectivity index is 1.79. The monoisotopic (exact) mass is 325 g/mol. The van der Waals surface area contributed by atoms with E-state index in [0.29, 0.717) is 11.6 Å². The van der Waals surface area contributed by atoms with E-state index in [2.05, 4.69) is 10.2 Å². The van der Waals surface area contributed by atoms with Crippen molar-refractivity contribution in [1.29, 1.82) is 0 Å². The smallest absolute Gasteiger partial charge is 0.317 e. The molecular formula is C16H24ClN3O2. The fraction of sp³-hybridized carbons (Fsp3) is 0.562. The Morgan fingerprint density at radius 2 is 2.27 bits per heavy atom. The molecule has 1 aliphatic rings. The quantitative estimate of drug-likeness (QED) is 0.872. The number of benzene rings is 1. The first-order valence-electron chi connectivity index (χ1n) is 7.56. The molecule has 1 saturated heterocycles. The molecule has 0 spiro atoms. The lowest BCUT2D eigenvalue weighted by molar-refractivity contribution is 0.159. The number of hydrogen-bond acceptors (Lipinski definition) is 3. The number of carbonyl (C=O) groups excluding carboxylic acids is 1. The number of nitrogens with one attached hydrogen (secondary N) is 1. The summed E-state index contributed by atoms with van der Waals surface area (Å²) < 4.78 is 5.09. The largest absolute Gasteiger partial charge is 0.383 e. The highest BCUT2D eigenvalue weighted by molar-refractivity contribution is 6.31. The Morgan fingerprint density at radius 1 is 1.50 bits per heavy atom. The number of likely N-dealkylation sites (tertiary alicyclic amines) is 1. The summed E-state index contributed by atoms with van der Waals surface area (Å²) in [5.74, 6) is 0. The van der Waals surface area contributed by atoms with E-state index in [9.17, 15) is 4.79 Å². The molecule has 0 aliphatic carbocycles. The molecule has 0 aromatic heterocycles. The first-order chi connectivity index (χ1) is 10.6. The number of nitrogens with zero attached hydrogens (tertiary/aromatic N) is 2. The molecule has 122 valence electrons. The van der Waals surface area contributed by atoms with Gasteiger partial charge in [-0.3, -0.25) is 4.90 Å². The Morgan fingerprint density at radius 3 is 3.00 bits per heavy atom. The fourth-order valence-electron chi connectivity index (χ4n) is 2.61. The van der Waals surface area contributed by atoms with Crippen LogP contribution < -0.4 is 5.32 Å². The minimum atomic E-state index is -0.0569. The van der Waals surface area contributed by atoms with Crippen LogP contribution in [0.1, 0.15) is 12.0 Å². The minimum Gasteiger partial charge on any atom is -0.383 e. The molecule has 1 aromatic rings. The molecule has 6 heteroatoms. The maximum atomic E-state index is 12.3. The molecule has 1 heterocycles. The molecule has 1 N–H and O–H groups in total. The van der Waals surface area contributed by atoms with Crippen LogP contribution in [0.2, 0.25) is 5.02 Å². The van der Waals surface area contributed by atoms with Crippen LogP contribution in [0.4, 0.5) is 4.79 Å². The molecule has 0 unspecified atom stereocenters. The summed E-state index contributed by atoms with van der Waals surface area (Å²) in [6, 6.07) is 7.74. The Kier molecular flexibility index (Phi) is 6.49. The van der Waals surface area contributed by atoms with Gasteiger partial charge in [-0.25, -0.2) is 4.79 Å². The molecule has 2 rings (SSSR count). The summed E-state index contributed by atoms with van der Waals surface area (Å²) in [6.45, 7) is 4.04. The minimum absolute atomic E-state index is 0.0569. The molecule has 1 fully saturated rings. The second-order valence-electron chi connectivity index (χ2n) is 5.68. The second-order valence-corrected chi connectivity index (χ2v) is 6.08. The maximum Gasteiger partial charge on any atom is 0.317 e. The van der Waals surface area contributed by atoms with Crippen molar-refractivity contribution in [1.82, 2.24) is 15.1 Å². The van der Waals surface area contributed by atoms with Gasteiger partial charge in [0.15, 0.2) is 0 Å². The number of halogens is 1. The van der Waals surface area contributed by atoms with Crippen molar-refractivity contribution < 1.29 is 9.53 Å². The first-order valence-corrected chi connectivity index (χ1v) is 7.94. The second kappa shape index (κ2) is 8.36. The SMILES string of the molecule is COCCN1CC[C@H](NC(=O)N(C)Cc2ccccc2Cl)C1. The highest BCUT2D eigenvalue weighted by Gasteiger charge is 2.24. The van der Waals surface area contributed by atoms with Gasteiger partial charge in [-0.15, -0.1) is 0 Å². The Labute approximate surface area is 137 Å². The third-order valence-corrected chi connectivity index (χ3v) is 4.29. The number of carbonyl (C=O) groups is 1. The topological polar surface area (TPSA) is 44.8 Å². The van der Waals surface area contributed by atoms with Crippen LogP contribution in [0, 0.1) is 0 Å². The lowest BCUT2D eigenvalue weighted by Crippen LogP contribution is -2.44. The zero-order valence-electron chi connectivity index (χ0n) is 13.2. The molecule has 0 saturated carbocycles. The summed E-state index contributed by atoms with van der Waals surface area (Å²) in [6.07, 6.45) is 0.982. The normalized spacial score (nSPS) is 18.4. The van der Waals surface area contributed by atoms with Crippen molar-refractivity contribution in [3.63, 3.8) is 0 Å². The lowest BCUT2D eigenvalue weighted by Gasteiger charge is -2.22. The van der Waals surface area contributed by atoms with E-state index in [4.69, 9.17) is 16.3 Å². The highest BCUT2D eigenvalue weighted by Crippen LogP contribution is 2.16. The first kappa shape index (κ1) is 17.1. The molecule has 5 nitrogen and oxygen atoms in total. The van der Waals surface area contributed by atoms with Crippen LogP contribution >= 0.6 is 11.6 Å². The average molecular weight is 326 g/mol. The van der Waals surface area contributed by atoms with Crippen LogP contribution in [0.15, 0.2) is 24.3 Å². The number of amides is 2. The molecule has 1 aromatic carbocycles. The van der Waals surface area contributed by atoms with Crippen LogP contribution in [0.25, 0.3) is 0 Å². The van der Waals surface area contributed by atoms with Crippen molar-refractivity contribution in [2.24, 2.45) is 0 Å². The van der Waals surface area contributed by atoms with Crippen molar-refractivity contribution in [3.05, 3.63) is 34.9 Å². The molecule has 22 heavy (non-hydrogen) atoms. The van der Waals surface area contributed by atoms with E-state index < -0.39 is 0 Å². The van der Waals surface area contributed by atoms with Crippen molar-refractivity contribution in [2.75, 3.05) is 40.4 Å². The maximum absolute atomic E-state index is 12.3. The van der Waals surface area contributed by atoms with Crippen molar-refractivity contribution in [3.8, 4) is 0 Å². The van der Waals surface area contributed by atoms with Crippen LogP contribution in [-0.4, -0.2) is 62.3 Å². The summed E-state index contributed by atoms with van der Waals surface area (Å²) in [5.41, 5.74) is 0.954. The van der Waals surface area contributed by atoms with Crippen molar-refractivity contribution >= 4 is 17.6 Å². The third-order valence-electron chi connectivity index (χ3n) is 3.92. The van der Waals surface area contributed by atoms with E-state index in [1.54, 1.807) is 19.1 Å². The standard InChI is InChI=1S/C16H24ClN3O2/c1-19(11-13-5-3-4-6-15(13)17)16(21)18-14-7-8-20(12-14)9-10-22-2/h3-6,14H,7-12H2,1-2H3,(H,18,21)/t14-/m0/s1. The number of hydrogen-bond donors (Lipinski definition) is 1. The fourth-order valence-corrected chi connectivity index (χ4v) is 2.81. The molecular weight excluding hydrogens is 302 g/mol. The molecule has 0 radical (unpaired) electrons. The Hall–Kier alpha value is -1.30. The van der Waals surface area contributed by atoms with Gasteiger partial charge in [-0.2, -0.15) is 0 Å². The lowest BCUT2D eigenvalue weighted by atomic mass is 10.2. The summed E-state index contributed by atoms with van der Waals surface area (Å²) >= 11 is 6.13. The molecule has 1 atom stereocenters. The van der Waals surface area contributed by atoms with Gasteiger partial charge in [0, 0.05) is 51.4 Å². The van der Waals surface area contributed by atoms with Gasteiger partial charge < -0.3 is 15.0 Å². The number of ether oxygens (including phenoxy) is 1. The zero-order valence-corrected chi connectivity index (χ0v) is 14.0. The van der Waals surface area contributed by atoms with E-state index in [-0.39, 0.29) is 12.1 Å². The Bertz CT molecular complexity index is 498. The van der Waals surface area contributed by atoms with E-state index in [1.807, 2.05) is 24.3 Å². The predicted molar refractivity (Wildman–Crippen MR) is 88.2 cm³/mol. The van der Waals surface area contributed by atoms with E-state index >= 15 is 0 Å². The predicted octanol–water partition coefficient (Wildman–Crippen LogP) is 2.20. The van der Waals surface area contributed by atoms with Gasteiger partial charge in [-0.1, -0.05) is 29.8 Å². The molecule has 1 aliphatic heterocycles. The van der Waals surface area contributed by atoms with Crippen LogP contribution in [0.3, 0.4) is 0 Å². The van der Waals surface area contributed by atoms with Gasteiger partial charge in [-0.05, 0) is 18.1 Å². The molecule has 2 amide bonds. The van der Waals surface area contributed by atoms with Crippen LogP contribution in [0.5, 0.6) is 0 Å². The van der Waals surface area contributed by atoms with Crippen molar-refractivity contribution in [2.45, 2.75) is 19.0 Å². The average Bonchev–Trinajstić information content (AvgIpc) is 2.94. The van der Waals surface area contributed by atoms with Gasteiger partial charge >= 0.3 is 6.03 Å². The van der Waals surface area contributed by atoms with Gasteiger partial charge in [0.2, 0.25) is 0 Å². The molecule has 0 bridgehead atoms. The summed E-state index contributed by atoms with van der Waals surface area (Å²) in [5, 5.41) is 3.77. The number of rotatable bonds is 6. The van der Waals surface area contributed by atoms with E-state index in [1.165, 1.54) is 0 Å². The number of urea groups is 1. The highest BCUT2D eigenvalue weighted by atomic mass is 35.5. The van der Waals surface area contributed by atoms with Crippen LogP contribution in [-0.2, 0) is 11.3 Å². The van der Waals surface area contributed by atoms with Gasteiger partial charge in [0.1, 0.15) is 0 Å².